The van der Waals surface area contributed by atoms with E-state index in [9.17, 15) is 9.59 Å². The minimum atomic E-state index is -0.579. The predicted molar refractivity (Wildman–Crippen MR) is 123 cm³/mol. The molecule has 13 heteroatoms. The minimum Gasteiger partial charge on any atom is -0.460 e. The van der Waals surface area contributed by atoms with Crippen LogP contribution in [0.4, 0.5) is 5.95 Å². The van der Waals surface area contributed by atoms with Crippen molar-refractivity contribution in [3.63, 3.8) is 0 Å². The van der Waals surface area contributed by atoms with Crippen LogP contribution in [0.15, 0.2) is 11.1 Å². The van der Waals surface area contributed by atoms with Crippen LogP contribution in [0, 0.1) is 5.92 Å². The number of aromatic nitrogens is 4. The van der Waals surface area contributed by atoms with Crippen LogP contribution in [0.1, 0.15) is 33.4 Å². The van der Waals surface area contributed by atoms with Gasteiger partial charge >= 0.3 is 5.97 Å². The fraction of sp³-hybridized carbons (Fsp3) is 0.667. The van der Waals surface area contributed by atoms with E-state index in [4.69, 9.17) is 14.0 Å². The number of carbonyl (C=O) groups is 1. The lowest BCUT2D eigenvalue weighted by molar-refractivity contribution is -0.150. The third-order valence-corrected chi connectivity index (χ3v) is 11.4. The first kappa shape index (κ1) is 22.8. The maximum absolute atomic E-state index is 12.5. The second-order valence-electron chi connectivity index (χ2n) is 7.71. The SMILES string of the molecule is CC(=O)O[C@H]1C[C@H](n2cnc3c(=O)[nH]c(NCC(C)C)nc32)O[C@@H]1COP1SCCS1. The molecule has 2 N–H and O–H groups in total. The average Bonchev–Trinajstić information content (AvgIpc) is 3.44. The van der Waals surface area contributed by atoms with Gasteiger partial charge in [-0.15, -0.1) is 0 Å². The third kappa shape index (κ3) is 5.54. The molecule has 4 heterocycles. The Morgan fingerprint density at radius 1 is 1.45 bits per heavy atom. The summed E-state index contributed by atoms with van der Waals surface area (Å²) in [6.07, 6.45) is 0.682. The molecule has 0 spiro atoms. The number of nitrogens with one attached hydrogen (secondary N) is 2. The number of nitrogens with zero attached hydrogens (tertiary/aromatic N) is 3. The van der Waals surface area contributed by atoms with Gasteiger partial charge < -0.3 is 19.3 Å². The van der Waals surface area contributed by atoms with Gasteiger partial charge in [0.15, 0.2) is 17.7 Å². The van der Waals surface area contributed by atoms with Gasteiger partial charge in [0.05, 0.1) is 12.9 Å². The van der Waals surface area contributed by atoms with Gasteiger partial charge in [0.2, 0.25) is 5.95 Å². The van der Waals surface area contributed by atoms with Crippen LogP contribution in [0.2, 0.25) is 0 Å². The van der Waals surface area contributed by atoms with Crippen molar-refractivity contribution in [3.05, 3.63) is 16.7 Å². The summed E-state index contributed by atoms with van der Waals surface area (Å²) in [4.78, 5) is 35.6. The second kappa shape index (κ2) is 10.1. The quantitative estimate of drug-likeness (QED) is 0.424. The van der Waals surface area contributed by atoms with E-state index in [1.165, 1.54) is 6.92 Å². The van der Waals surface area contributed by atoms with E-state index in [1.54, 1.807) is 10.9 Å². The summed E-state index contributed by atoms with van der Waals surface area (Å²) in [7, 11) is 0. The number of H-pyrrole nitrogens is 1. The maximum Gasteiger partial charge on any atom is 0.302 e. The van der Waals surface area contributed by atoms with Gasteiger partial charge in [-0.3, -0.25) is 19.1 Å². The van der Waals surface area contributed by atoms with E-state index in [2.05, 4.69) is 34.1 Å². The lowest BCUT2D eigenvalue weighted by Gasteiger charge is -2.19. The molecule has 4 rings (SSSR count). The topological polar surface area (TPSA) is 120 Å². The first-order valence-corrected chi connectivity index (χ1v) is 14.6. The number of ether oxygens (including phenoxy) is 2. The van der Waals surface area contributed by atoms with Gasteiger partial charge in [0.25, 0.3) is 5.56 Å². The Morgan fingerprint density at radius 3 is 2.94 bits per heavy atom. The van der Waals surface area contributed by atoms with Gasteiger partial charge in [0, 0.05) is 31.4 Å². The lowest BCUT2D eigenvalue weighted by atomic mass is 10.2. The van der Waals surface area contributed by atoms with Crippen LogP contribution in [-0.2, 0) is 18.8 Å². The van der Waals surface area contributed by atoms with Crippen molar-refractivity contribution in [2.24, 2.45) is 5.92 Å². The van der Waals surface area contributed by atoms with Crippen molar-refractivity contribution in [1.29, 1.82) is 0 Å². The Kier molecular flexibility index (Phi) is 7.43. The molecule has 0 unspecified atom stereocenters. The van der Waals surface area contributed by atoms with E-state index in [1.807, 2.05) is 22.8 Å². The van der Waals surface area contributed by atoms with Crippen LogP contribution < -0.4 is 10.9 Å². The van der Waals surface area contributed by atoms with Crippen LogP contribution >= 0.6 is 29.3 Å². The molecule has 2 saturated heterocycles. The molecule has 10 nitrogen and oxygen atoms in total. The molecule has 2 aromatic heterocycles. The zero-order chi connectivity index (χ0) is 22.0. The van der Waals surface area contributed by atoms with Gasteiger partial charge in [-0.05, 0) is 5.92 Å². The Balaban J connectivity index is 1.54. The molecule has 31 heavy (non-hydrogen) atoms. The maximum atomic E-state index is 12.5. The van der Waals surface area contributed by atoms with Crippen molar-refractivity contribution in [2.45, 2.75) is 45.6 Å². The number of carbonyl (C=O) groups excluding carboxylic acids is 1. The molecule has 3 atom stereocenters. The van der Waals surface area contributed by atoms with E-state index in [0.717, 1.165) is 11.5 Å². The highest BCUT2D eigenvalue weighted by molar-refractivity contribution is 8.88. The number of esters is 1. The summed E-state index contributed by atoms with van der Waals surface area (Å²) >= 11 is 3.65. The number of hydrogen-bond donors (Lipinski definition) is 2. The molecule has 2 fully saturated rings. The average molecular weight is 488 g/mol. The molecule has 0 bridgehead atoms. The molecular weight excluding hydrogens is 461 g/mol. The highest BCUT2D eigenvalue weighted by atomic mass is 33.1. The number of imidazole rings is 1. The Bertz CT molecular complexity index is 980. The molecule has 2 aliphatic rings. The first-order chi connectivity index (χ1) is 14.9. The van der Waals surface area contributed by atoms with Crippen LogP contribution in [0.3, 0.4) is 0 Å². The third-order valence-electron chi connectivity index (χ3n) is 4.74. The predicted octanol–water partition coefficient (Wildman–Crippen LogP) is 3.13. The molecule has 170 valence electrons. The fourth-order valence-corrected chi connectivity index (χ4v) is 10.0. The van der Waals surface area contributed by atoms with E-state index in [-0.39, 0.29) is 17.0 Å². The van der Waals surface area contributed by atoms with E-state index < -0.39 is 25.0 Å². The Hall–Kier alpha value is -1.33. The van der Waals surface area contributed by atoms with Crippen molar-refractivity contribution >= 4 is 52.4 Å². The first-order valence-electron chi connectivity index (χ1n) is 10.1. The molecule has 0 aromatic carbocycles. The summed E-state index contributed by atoms with van der Waals surface area (Å²) in [6.45, 7) is 5.98. The van der Waals surface area contributed by atoms with Crippen LogP contribution in [0.25, 0.3) is 11.2 Å². The normalized spacial score (nSPS) is 24.3. The summed E-state index contributed by atoms with van der Waals surface area (Å²) in [5, 5.41) is 3.14. The molecule has 2 aliphatic heterocycles. The zero-order valence-corrected chi connectivity index (χ0v) is 20.1. The molecule has 2 aromatic rings. The summed E-state index contributed by atoms with van der Waals surface area (Å²) in [5.74, 6) is 2.60. The number of anilines is 1. The molecule has 0 saturated carbocycles. The number of fused-ring (bicyclic) bond motifs is 1. The van der Waals surface area contributed by atoms with Gasteiger partial charge in [0.1, 0.15) is 18.4 Å². The molecule has 0 aliphatic carbocycles. The summed E-state index contributed by atoms with van der Waals surface area (Å²) in [6, 6.07) is 0. The van der Waals surface area contributed by atoms with Gasteiger partial charge in [-0.1, -0.05) is 36.6 Å². The lowest BCUT2D eigenvalue weighted by Crippen LogP contribution is -2.29. The fourth-order valence-electron chi connectivity index (χ4n) is 3.35. The zero-order valence-electron chi connectivity index (χ0n) is 17.6. The Labute approximate surface area is 188 Å². The second-order valence-corrected chi connectivity index (χ2v) is 14.0. The number of hydrogen-bond acceptors (Lipinski definition) is 10. The minimum absolute atomic E-state index is 0.240. The number of rotatable bonds is 8. The highest BCUT2D eigenvalue weighted by Gasteiger charge is 2.40. The molecule has 0 radical (unpaired) electrons. The monoisotopic (exact) mass is 487 g/mol. The van der Waals surface area contributed by atoms with Gasteiger partial charge in [-0.2, -0.15) is 4.98 Å². The van der Waals surface area contributed by atoms with Crippen LogP contribution in [-0.4, -0.2) is 62.4 Å². The van der Waals surface area contributed by atoms with E-state index >= 15 is 0 Å². The highest BCUT2D eigenvalue weighted by Crippen LogP contribution is 2.66. The largest absolute Gasteiger partial charge is 0.460 e. The standard InChI is InChI=1S/C18H26N5O5PS2/c1-10(2)7-19-18-21-16-15(17(25)22-18)20-9-23(16)14-6-12(27-11(3)24)13(28-14)8-26-29-30-4-5-31-29/h9-10,12-14H,4-8H2,1-3H3,(H2,19,21,22,25)/t12-,13+,14+/m0/s1. The summed E-state index contributed by atoms with van der Waals surface area (Å²) < 4.78 is 19.5. The van der Waals surface area contributed by atoms with Crippen molar-refractivity contribution in [3.8, 4) is 0 Å². The molecular formula is C18H26N5O5PS2. The van der Waals surface area contributed by atoms with Crippen molar-refractivity contribution < 1.29 is 18.8 Å². The van der Waals surface area contributed by atoms with Crippen molar-refractivity contribution in [2.75, 3.05) is 30.0 Å². The molecule has 0 amide bonds. The van der Waals surface area contributed by atoms with Crippen molar-refractivity contribution in [1.82, 2.24) is 19.5 Å². The smallest absolute Gasteiger partial charge is 0.302 e. The Morgan fingerprint density at radius 2 is 2.23 bits per heavy atom. The number of aromatic amines is 1. The van der Waals surface area contributed by atoms with Gasteiger partial charge in [-0.25, -0.2) is 4.98 Å². The van der Waals surface area contributed by atoms with E-state index in [0.29, 0.717) is 37.1 Å². The van der Waals surface area contributed by atoms with Crippen LogP contribution in [0.5, 0.6) is 0 Å². The summed E-state index contributed by atoms with van der Waals surface area (Å²) in [5.41, 5.74) is 0.349.